The van der Waals surface area contributed by atoms with Crippen LogP contribution in [0.3, 0.4) is 0 Å². The molecule has 2 aromatic carbocycles. The maximum absolute atomic E-state index is 12.1. The van der Waals surface area contributed by atoms with Gasteiger partial charge in [-0.05, 0) is 30.2 Å². The molecule has 0 aliphatic heterocycles. The van der Waals surface area contributed by atoms with Crippen molar-refractivity contribution in [1.29, 1.82) is 0 Å². The minimum atomic E-state index is -0.467. The minimum Gasteiger partial charge on any atom is -0.408 e. The van der Waals surface area contributed by atoms with Crippen LogP contribution in [0.15, 0.2) is 63.8 Å². The molecule has 0 bridgehead atoms. The molecule has 0 aliphatic rings. The smallest absolute Gasteiger partial charge is 0.408 e. The first-order chi connectivity index (χ1) is 10.8. The lowest BCUT2D eigenvalue weighted by molar-refractivity contribution is 0.508. The quantitative estimate of drug-likeness (QED) is 0.566. The van der Waals surface area contributed by atoms with E-state index in [9.17, 15) is 4.79 Å². The van der Waals surface area contributed by atoms with Gasteiger partial charge in [-0.15, -0.1) is 0 Å². The molecule has 0 N–H and O–H groups in total. The Morgan fingerprint density at radius 3 is 2.64 bits per heavy atom. The normalized spacial score (nSPS) is 11.3. The standard InChI is InChI=1S/C18H14N2O2/c1-2-12-7-9-13(10-8-12)15-11-16-14-5-3-4-6-17(14)22-18(21)20(16)19-15/h3-11H,2H2,1H3. The summed E-state index contributed by atoms with van der Waals surface area (Å²) in [5.41, 5.74) is 4.38. The summed E-state index contributed by atoms with van der Waals surface area (Å²) in [5.74, 6) is -0.467. The van der Waals surface area contributed by atoms with Crippen LogP contribution in [-0.2, 0) is 6.42 Å². The lowest BCUT2D eigenvalue weighted by Crippen LogP contribution is -2.12. The summed E-state index contributed by atoms with van der Waals surface area (Å²) in [6.07, 6.45) is 1.000. The van der Waals surface area contributed by atoms with E-state index >= 15 is 0 Å². The Labute approximate surface area is 126 Å². The third kappa shape index (κ3) is 1.92. The van der Waals surface area contributed by atoms with Crippen molar-refractivity contribution in [1.82, 2.24) is 9.61 Å². The number of aromatic nitrogens is 2. The molecule has 0 unspecified atom stereocenters. The molecule has 2 heterocycles. The summed E-state index contributed by atoms with van der Waals surface area (Å²) in [4.78, 5) is 12.1. The summed E-state index contributed by atoms with van der Waals surface area (Å²) in [6.45, 7) is 2.12. The zero-order valence-corrected chi connectivity index (χ0v) is 12.1. The van der Waals surface area contributed by atoms with Crippen LogP contribution in [0.25, 0.3) is 27.7 Å². The number of fused-ring (bicyclic) bond motifs is 3. The summed E-state index contributed by atoms with van der Waals surface area (Å²) < 4.78 is 6.63. The second-order valence-electron chi connectivity index (χ2n) is 5.24. The molecule has 4 nitrogen and oxygen atoms in total. The van der Waals surface area contributed by atoms with Gasteiger partial charge in [0.05, 0.1) is 11.2 Å². The van der Waals surface area contributed by atoms with Crippen molar-refractivity contribution in [3.63, 3.8) is 0 Å². The Morgan fingerprint density at radius 2 is 1.86 bits per heavy atom. The van der Waals surface area contributed by atoms with Gasteiger partial charge in [0.15, 0.2) is 0 Å². The summed E-state index contributed by atoms with van der Waals surface area (Å²) in [7, 11) is 0. The van der Waals surface area contributed by atoms with Gasteiger partial charge in [0.1, 0.15) is 5.58 Å². The van der Waals surface area contributed by atoms with Gasteiger partial charge in [-0.3, -0.25) is 0 Å². The molecule has 4 aromatic rings. The van der Waals surface area contributed by atoms with Crippen molar-refractivity contribution < 1.29 is 4.42 Å². The Morgan fingerprint density at radius 1 is 1.09 bits per heavy atom. The van der Waals surface area contributed by atoms with Crippen molar-refractivity contribution >= 4 is 16.5 Å². The first-order valence-electron chi connectivity index (χ1n) is 7.27. The highest BCUT2D eigenvalue weighted by Crippen LogP contribution is 2.24. The highest BCUT2D eigenvalue weighted by Gasteiger charge is 2.11. The van der Waals surface area contributed by atoms with Gasteiger partial charge in [-0.2, -0.15) is 9.61 Å². The topological polar surface area (TPSA) is 47.5 Å². The van der Waals surface area contributed by atoms with E-state index in [2.05, 4.69) is 24.2 Å². The predicted molar refractivity (Wildman–Crippen MR) is 86.0 cm³/mol. The van der Waals surface area contributed by atoms with Gasteiger partial charge in [-0.25, -0.2) is 4.79 Å². The van der Waals surface area contributed by atoms with Crippen LogP contribution in [0.5, 0.6) is 0 Å². The van der Waals surface area contributed by atoms with Gasteiger partial charge in [0, 0.05) is 10.9 Å². The summed E-state index contributed by atoms with van der Waals surface area (Å²) >= 11 is 0. The molecule has 0 amide bonds. The van der Waals surface area contributed by atoms with Gasteiger partial charge in [0.25, 0.3) is 0 Å². The van der Waals surface area contributed by atoms with Crippen LogP contribution < -0.4 is 5.76 Å². The van der Waals surface area contributed by atoms with Crippen molar-refractivity contribution in [2.24, 2.45) is 0 Å². The highest BCUT2D eigenvalue weighted by molar-refractivity contribution is 5.93. The van der Waals surface area contributed by atoms with Crippen LogP contribution >= 0.6 is 0 Å². The van der Waals surface area contributed by atoms with Gasteiger partial charge < -0.3 is 4.42 Å². The summed E-state index contributed by atoms with van der Waals surface area (Å²) in [6, 6.07) is 17.7. The maximum atomic E-state index is 12.1. The first-order valence-corrected chi connectivity index (χ1v) is 7.27. The molecular formula is C18H14N2O2. The van der Waals surface area contributed by atoms with E-state index < -0.39 is 5.76 Å². The number of benzene rings is 2. The Hall–Kier alpha value is -2.88. The third-order valence-corrected chi connectivity index (χ3v) is 3.90. The Bertz CT molecular complexity index is 1030. The van der Waals surface area contributed by atoms with Gasteiger partial charge >= 0.3 is 5.76 Å². The fourth-order valence-electron chi connectivity index (χ4n) is 2.67. The van der Waals surface area contributed by atoms with E-state index in [-0.39, 0.29) is 0 Å². The Kier molecular flexibility index (Phi) is 2.82. The van der Waals surface area contributed by atoms with Crippen LogP contribution in [0.2, 0.25) is 0 Å². The maximum Gasteiger partial charge on any atom is 0.440 e. The first kappa shape index (κ1) is 12.8. The monoisotopic (exact) mass is 290 g/mol. The van der Waals surface area contributed by atoms with E-state index in [0.717, 1.165) is 28.6 Å². The summed E-state index contributed by atoms with van der Waals surface area (Å²) in [5, 5.41) is 5.28. The zero-order chi connectivity index (χ0) is 15.1. The minimum absolute atomic E-state index is 0.467. The van der Waals surface area contributed by atoms with Crippen LogP contribution in [0.1, 0.15) is 12.5 Å². The molecule has 0 fully saturated rings. The second kappa shape index (κ2) is 4.84. The van der Waals surface area contributed by atoms with E-state index in [1.165, 1.54) is 10.1 Å². The molecule has 4 rings (SSSR count). The van der Waals surface area contributed by atoms with Gasteiger partial charge in [-0.1, -0.05) is 43.3 Å². The molecule has 0 atom stereocenters. The SMILES string of the molecule is CCc1ccc(-c2cc3c4ccccc4oc(=O)n3n2)cc1. The molecule has 2 aromatic heterocycles. The van der Waals surface area contributed by atoms with E-state index in [1.807, 2.05) is 36.4 Å². The number of nitrogens with zero attached hydrogens (tertiary/aromatic N) is 2. The van der Waals surface area contributed by atoms with E-state index in [1.54, 1.807) is 6.07 Å². The fraction of sp³-hybridized carbons (Fsp3) is 0.111. The largest absolute Gasteiger partial charge is 0.440 e. The van der Waals surface area contributed by atoms with Crippen LogP contribution in [0.4, 0.5) is 0 Å². The molecule has 4 heteroatoms. The predicted octanol–water partition coefficient (Wildman–Crippen LogP) is 3.67. The zero-order valence-electron chi connectivity index (χ0n) is 12.1. The molecule has 22 heavy (non-hydrogen) atoms. The molecule has 0 aliphatic carbocycles. The molecule has 0 saturated heterocycles. The fourth-order valence-corrected chi connectivity index (χ4v) is 2.67. The average Bonchev–Trinajstić information content (AvgIpc) is 3.01. The average molecular weight is 290 g/mol. The molecule has 0 radical (unpaired) electrons. The number of aryl methyl sites for hydroxylation is 1. The lowest BCUT2D eigenvalue weighted by atomic mass is 10.1. The Balaban J connectivity index is 1.98. The van der Waals surface area contributed by atoms with Gasteiger partial charge in [0.2, 0.25) is 0 Å². The number of hydrogen-bond acceptors (Lipinski definition) is 3. The van der Waals surface area contributed by atoms with Crippen molar-refractivity contribution in [3.05, 3.63) is 70.7 Å². The van der Waals surface area contributed by atoms with Crippen molar-refractivity contribution in [2.45, 2.75) is 13.3 Å². The molecule has 108 valence electrons. The van der Waals surface area contributed by atoms with Crippen LogP contribution in [0, 0.1) is 0 Å². The third-order valence-electron chi connectivity index (χ3n) is 3.90. The lowest BCUT2D eigenvalue weighted by Gasteiger charge is -1.98. The van der Waals surface area contributed by atoms with E-state index in [0.29, 0.717) is 5.58 Å². The number of hydrogen-bond donors (Lipinski definition) is 0. The van der Waals surface area contributed by atoms with Crippen molar-refractivity contribution in [2.75, 3.05) is 0 Å². The highest BCUT2D eigenvalue weighted by atomic mass is 16.4. The second-order valence-corrected chi connectivity index (χ2v) is 5.24. The van der Waals surface area contributed by atoms with Crippen molar-refractivity contribution in [3.8, 4) is 11.3 Å². The molecule has 0 saturated carbocycles. The number of para-hydroxylation sites is 1. The van der Waals surface area contributed by atoms with Crippen LogP contribution in [-0.4, -0.2) is 9.61 Å². The molecular weight excluding hydrogens is 276 g/mol. The molecule has 0 spiro atoms. The number of rotatable bonds is 2. The van der Waals surface area contributed by atoms with E-state index in [4.69, 9.17) is 4.42 Å².